The van der Waals surface area contributed by atoms with Crippen LogP contribution < -0.4 is 5.73 Å². The van der Waals surface area contributed by atoms with Crippen molar-refractivity contribution in [2.45, 2.75) is 65.0 Å². The van der Waals surface area contributed by atoms with Gasteiger partial charge in [0.15, 0.2) is 0 Å². The Balaban J connectivity index is 1.65. The third-order valence-electron chi connectivity index (χ3n) is 6.08. The summed E-state index contributed by atoms with van der Waals surface area (Å²) in [5.74, 6) is 0.648. The molecule has 0 unspecified atom stereocenters. The molecule has 1 aliphatic carbocycles. The van der Waals surface area contributed by atoms with Crippen LogP contribution in [0.15, 0.2) is 12.1 Å². The highest BCUT2D eigenvalue weighted by atomic mass is 35.5. The highest BCUT2D eigenvalue weighted by molar-refractivity contribution is 6.31. The van der Waals surface area contributed by atoms with Crippen LogP contribution in [0.1, 0.15) is 56.6 Å². The molecular formula is C21H32ClN3O. The average Bonchev–Trinajstić information content (AvgIpc) is 2.80. The molecule has 4 nitrogen and oxygen atoms in total. The van der Waals surface area contributed by atoms with E-state index in [0.717, 1.165) is 56.7 Å². The molecule has 1 heterocycles. The fraction of sp³-hybridized carbons (Fsp3) is 0.667. The van der Waals surface area contributed by atoms with Crippen molar-refractivity contribution in [1.29, 1.82) is 0 Å². The van der Waals surface area contributed by atoms with E-state index in [-0.39, 0.29) is 12.0 Å². The molecule has 144 valence electrons. The SMILES string of the molecule is Cc1c(N)cc(Cl)cc1CN1CCCN(C(=O)C2CCCCC2)[C@@H](C)C1. The first-order valence-corrected chi connectivity index (χ1v) is 10.4. The van der Waals surface area contributed by atoms with Gasteiger partial charge >= 0.3 is 0 Å². The van der Waals surface area contributed by atoms with Crippen molar-refractivity contribution >= 4 is 23.2 Å². The normalized spacial score (nSPS) is 23.0. The number of hydrogen-bond acceptors (Lipinski definition) is 3. The number of carbonyl (C=O) groups excluding carboxylic acids is 1. The third-order valence-corrected chi connectivity index (χ3v) is 6.30. The summed E-state index contributed by atoms with van der Waals surface area (Å²) in [6.07, 6.45) is 6.88. The molecule has 0 aromatic heterocycles. The first kappa shape index (κ1) is 19.5. The van der Waals surface area contributed by atoms with Gasteiger partial charge in [-0.05, 0) is 56.4 Å². The summed E-state index contributed by atoms with van der Waals surface area (Å²) < 4.78 is 0. The monoisotopic (exact) mass is 377 g/mol. The van der Waals surface area contributed by atoms with Crippen LogP contribution >= 0.6 is 11.6 Å². The topological polar surface area (TPSA) is 49.6 Å². The zero-order valence-electron chi connectivity index (χ0n) is 16.1. The lowest BCUT2D eigenvalue weighted by Crippen LogP contribution is -2.45. The van der Waals surface area contributed by atoms with E-state index >= 15 is 0 Å². The van der Waals surface area contributed by atoms with Crippen molar-refractivity contribution in [3.8, 4) is 0 Å². The zero-order chi connectivity index (χ0) is 18.7. The van der Waals surface area contributed by atoms with E-state index < -0.39 is 0 Å². The second-order valence-corrected chi connectivity index (χ2v) is 8.52. The maximum absolute atomic E-state index is 13.0. The Morgan fingerprint density at radius 3 is 2.65 bits per heavy atom. The molecule has 26 heavy (non-hydrogen) atoms. The Hall–Kier alpha value is -1.26. The van der Waals surface area contributed by atoms with Crippen molar-refractivity contribution in [2.24, 2.45) is 5.92 Å². The van der Waals surface area contributed by atoms with E-state index in [1.54, 1.807) is 0 Å². The van der Waals surface area contributed by atoms with Crippen molar-refractivity contribution in [3.63, 3.8) is 0 Å². The minimum absolute atomic E-state index is 0.253. The Morgan fingerprint density at radius 1 is 1.19 bits per heavy atom. The quantitative estimate of drug-likeness (QED) is 0.801. The van der Waals surface area contributed by atoms with Crippen LogP contribution in [0.4, 0.5) is 5.69 Å². The highest BCUT2D eigenvalue weighted by Gasteiger charge is 2.31. The van der Waals surface area contributed by atoms with Gasteiger partial charge in [0.05, 0.1) is 0 Å². The maximum atomic E-state index is 13.0. The number of benzene rings is 1. The molecule has 1 aliphatic heterocycles. The lowest BCUT2D eigenvalue weighted by Gasteiger charge is -2.33. The van der Waals surface area contributed by atoms with Gasteiger partial charge in [0.1, 0.15) is 0 Å². The van der Waals surface area contributed by atoms with E-state index in [0.29, 0.717) is 10.9 Å². The van der Waals surface area contributed by atoms with Gasteiger partial charge in [-0.15, -0.1) is 0 Å². The van der Waals surface area contributed by atoms with Gasteiger partial charge in [-0.1, -0.05) is 30.9 Å². The first-order valence-electron chi connectivity index (χ1n) is 10.0. The summed E-state index contributed by atoms with van der Waals surface area (Å²) in [5.41, 5.74) is 9.13. The number of anilines is 1. The molecule has 2 N–H and O–H groups in total. The van der Waals surface area contributed by atoms with Gasteiger partial charge < -0.3 is 10.6 Å². The predicted molar refractivity (Wildman–Crippen MR) is 108 cm³/mol. The Labute approximate surface area is 162 Å². The maximum Gasteiger partial charge on any atom is 0.225 e. The van der Waals surface area contributed by atoms with Crippen LogP contribution in [-0.2, 0) is 11.3 Å². The zero-order valence-corrected chi connectivity index (χ0v) is 16.9. The molecule has 2 aliphatic rings. The fourth-order valence-electron chi connectivity index (χ4n) is 4.47. The molecule has 3 rings (SSSR count). The summed E-state index contributed by atoms with van der Waals surface area (Å²) in [4.78, 5) is 17.6. The van der Waals surface area contributed by atoms with Gasteiger partial charge in [-0.2, -0.15) is 0 Å². The van der Waals surface area contributed by atoms with Crippen molar-refractivity contribution in [1.82, 2.24) is 9.80 Å². The summed E-state index contributed by atoms with van der Waals surface area (Å²) >= 11 is 6.20. The highest BCUT2D eigenvalue weighted by Crippen LogP contribution is 2.28. The van der Waals surface area contributed by atoms with Gasteiger partial charge in [-0.25, -0.2) is 0 Å². The van der Waals surface area contributed by atoms with E-state index in [1.807, 2.05) is 12.1 Å². The number of nitrogen functional groups attached to an aromatic ring is 1. The predicted octanol–water partition coefficient (Wildman–Crippen LogP) is 4.23. The lowest BCUT2D eigenvalue weighted by molar-refractivity contribution is -0.138. The molecule has 2 fully saturated rings. The molecular weight excluding hydrogens is 346 g/mol. The Morgan fingerprint density at radius 2 is 1.92 bits per heavy atom. The second kappa shape index (κ2) is 8.62. The van der Waals surface area contributed by atoms with Crippen LogP contribution in [0.2, 0.25) is 5.02 Å². The fourth-order valence-corrected chi connectivity index (χ4v) is 4.72. The van der Waals surface area contributed by atoms with E-state index in [1.165, 1.54) is 24.8 Å². The summed E-state index contributed by atoms with van der Waals surface area (Å²) in [6.45, 7) is 7.88. The summed E-state index contributed by atoms with van der Waals surface area (Å²) in [5, 5.41) is 0.695. The van der Waals surface area contributed by atoms with Crippen molar-refractivity contribution in [3.05, 3.63) is 28.3 Å². The molecule has 1 saturated heterocycles. The van der Waals surface area contributed by atoms with Gasteiger partial charge in [0.2, 0.25) is 5.91 Å². The average molecular weight is 378 g/mol. The number of rotatable bonds is 3. The van der Waals surface area contributed by atoms with E-state index in [9.17, 15) is 4.79 Å². The molecule has 1 atom stereocenters. The number of nitrogens with two attached hydrogens (primary N) is 1. The van der Waals surface area contributed by atoms with Crippen molar-refractivity contribution < 1.29 is 4.79 Å². The number of nitrogens with zero attached hydrogens (tertiary/aromatic N) is 2. The van der Waals surface area contributed by atoms with Crippen LogP contribution in [0.25, 0.3) is 0 Å². The number of carbonyl (C=O) groups is 1. The van der Waals surface area contributed by atoms with Crippen LogP contribution in [-0.4, -0.2) is 41.4 Å². The van der Waals surface area contributed by atoms with E-state index in [2.05, 4.69) is 23.6 Å². The first-order chi connectivity index (χ1) is 12.5. The third kappa shape index (κ3) is 4.52. The molecule has 0 bridgehead atoms. The van der Waals surface area contributed by atoms with Crippen LogP contribution in [0.5, 0.6) is 0 Å². The lowest BCUT2D eigenvalue weighted by atomic mass is 9.88. The van der Waals surface area contributed by atoms with Crippen LogP contribution in [0.3, 0.4) is 0 Å². The molecule has 1 aromatic rings. The Kier molecular flexibility index (Phi) is 6.46. The van der Waals surface area contributed by atoms with E-state index in [4.69, 9.17) is 17.3 Å². The minimum atomic E-state index is 0.253. The summed E-state index contributed by atoms with van der Waals surface area (Å²) in [6, 6.07) is 4.09. The molecule has 1 saturated carbocycles. The molecule has 1 amide bonds. The van der Waals surface area contributed by atoms with Gasteiger partial charge in [-0.3, -0.25) is 9.69 Å². The molecule has 0 radical (unpaired) electrons. The number of halogens is 1. The standard InChI is InChI=1S/C21H32ClN3O/c1-15-13-24(14-18-11-19(22)12-20(23)16(18)2)9-6-10-25(15)21(26)17-7-4-3-5-8-17/h11-12,15,17H,3-10,13-14,23H2,1-2H3/t15-/m0/s1. The molecule has 0 spiro atoms. The largest absolute Gasteiger partial charge is 0.398 e. The minimum Gasteiger partial charge on any atom is -0.398 e. The summed E-state index contributed by atoms with van der Waals surface area (Å²) in [7, 11) is 0. The number of amides is 1. The Bertz CT molecular complexity index is 642. The smallest absolute Gasteiger partial charge is 0.225 e. The second-order valence-electron chi connectivity index (χ2n) is 8.08. The van der Waals surface area contributed by atoms with Crippen molar-refractivity contribution in [2.75, 3.05) is 25.4 Å². The van der Waals surface area contributed by atoms with Crippen LogP contribution in [0, 0.1) is 12.8 Å². The van der Waals surface area contributed by atoms with Gasteiger partial charge in [0, 0.05) is 48.8 Å². The number of hydrogen-bond donors (Lipinski definition) is 1. The molecule has 1 aromatic carbocycles. The molecule has 5 heteroatoms. The van der Waals surface area contributed by atoms with Gasteiger partial charge in [0.25, 0.3) is 0 Å².